The molecule has 2 rings (SSSR count). The van der Waals surface area contributed by atoms with Gasteiger partial charge in [-0.25, -0.2) is 0 Å². The fraction of sp³-hybridized carbons (Fsp3) is 0.700. The Morgan fingerprint density at radius 1 is 1.36 bits per heavy atom. The van der Waals surface area contributed by atoms with Crippen molar-refractivity contribution in [3.05, 3.63) is 11.6 Å². The molecule has 2 atom stereocenters. The second kappa shape index (κ2) is 2.47. The Kier molecular flexibility index (Phi) is 1.59. The van der Waals surface area contributed by atoms with Crippen molar-refractivity contribution in [2.75, 3.05) is 0 Å². The highest BCUT2D eigenvalue weighted by atomic mass is 16.1. The molecule has 60 valence electrons. The van der Waals surface area contributed by atoms with Crippen molar-refractivity contribution in [2.24, 2.45) is 11.8 Å². The number of hydrogen-bond acceptors (Lipinski definition) is 1. The number of carbonyl (C=O) groups excluding carboxylic acids is 1. The van der Waals surface area contributed by atoms with Gasteiger partial charge >= 0.3 is 0 Å². The predicted octanol–water partition coefficient (Wildman–Crippen LogP) is 2.32. The van der Waals surface area contributed by atoms with E-state index in [1.807, 2.05) is 0 Å². The maximum atomic E-state index is 11.2. The molecule has 1 nitrogen and oxygen atoms in total. The van der Waals surface area contributed by atoms with E-state index in [1.54, 1.807) is 0 Å². The molecule has 0 saturated heterocycles. The van der Waals surface area contributed by atoms with E-state index in [4.69, 9.17) is 0 Å². The Morgan fingerprint density at radius 2 is 2.18 bits per heavy atom. The van der Waals surface area contributed by atoms with Crippen LogP contribution in [0.15, 0.2) is 11.6 Å². The molecule has 0 aromatic rings. The van der Waals surface area contributed by atoms with Crippen LogP contribution in [0, 0.1) is 11.8 Å². The molecule has 0 unspecified atom stereocenters. The lowest BCUT2D eigenvalue weighted by molar-refractivity contribution is -0.122. The summed E-state index contributed by atoms with van der Waals surface area (Å²) in [7, 11) is 0. The van der Waals surface area contributed by atoms with Crippen LogP contribution in [-0.2, 0) is 4.79 Å². The molecule has 0 amide bonds. The summed E-state index contributed by atoms with van der Waals surface area (Å²) in [5.74, 6) is 1.76. The predicted molar refractivity (Wildman–Crippen MR) is 44.2 cm³/mol. The molecule has 2 aliphatic rings. The maximum absolute atomic E-state index is 11.2. The van der Waals surface area contributed by atoms with E-state index in [0.29, 0.717) is 17.6 Å². The Morgan fingerprint density at radius 3 is 2.91 bits per heavy atom. The van der Waals surface area contributed by atoms with Gasteiger partial charge in [-0.3, -0.25) is 4.79 Å². The van der Waals surface area contributed by atoms with Gasteiger partial charge in [-0.1, -0.05) is 11.6 Å². The Balaban J connectivity index is 2.19. The van der Waals surface area contributed by atoms with Crippen LogP contribution < -0.4 is 0 Å². The van der Waals surface area contributed by atoms with Gasteiger partial charge < -0.3 is 0 Å². The average molecular weight is 150 g/mol. The first-order valence-electron chi connectivity index (χ1n) is 4.43. The second-order valence-corrected chi connectivity index (χ2v) is 4.03. The molecular weight excluding hydrogens is 136 g/mol. The van der Waals surface area contributed by atoms with E-state index in [9.17, 15) is 4.79 Å². The van der Waals surface area contributed by atoms with Crippen LogP contribution in [-0.4, -0.2) is 5.78 Å². The van der Waals surface area contributed by atoms with Crippen molar-refractivity contribution in [1.29, 1.82) is 0 Å². The van der Waals surface area contributed by atoms with Crippen LogP contribution in [0.25, 0.3) is 0 Å². The van der Waals surface area contributed by atoms with Gasteiger partial charge in [0.1, 0.15) is 5.78 Å². The Hall–Kier alpha value is -0.590. The van der Waals surface area contributed by atoms with Gasteiger partial charge in [0.2, 0.25) is 0 Å². The summed E-state index contributed by atoms with van der Waals surface area (Å²) in [5.41, 5.74) is 1.50. The SMILES string of the molecule is CC1=C[C@H]2CC(=O)C[C@@H](C1)C2. The molecule has 2 bridgehead atoms. The molecule has 1 fully saturated rings. The van der Waals surface area contributed by atoms with Gasteiger partial charge in [0.25, 0.3) is 0 Å². The van der Waals surface area contributed by atoms with Gasteiger partial charge in [-0.2, -0.15) is 0 Å². The summed E-state index contributed by atoms with van der Waals surface area (Å²) in [6, 6.07) is 0. The van der Waals surface area contributed by atoms with E-state index < -0.39 is 0 Å². The molecule has 0 radical (unpaired) electrons. The third kappa shape index (κ3) is 1.37. The molecule has 0 heterocycles. The number of ketones is 1. The monoisotopic (exact) mass is 150 g/mol. The van der Waals surface area contributed by atoms with Crippen LogP contribution in [0.1, 0.15) is 32.6 Å². The van der Waals surface area contributed by atoms with Gasteiger partial charge in [0.15, 0.2) is 0 Å². The zero-order valence-electron chi connectivity index (χ0n) is 6.97. The van der Waals surface area contributed by atoms with Crippen molar-refractivity contribution >= 4 is 5.78 Å². The minimum absolute atomic E-state index is 0.481. The van der Waals surface area contributed by atoms with Crippen molar-refractivity contribution < 1.29 is 4.79 Å². The molecule has 11 heavy (non-hydrogen) atoms. The molecule has 2 aliphatic carbocycles. The highest BCUT2D eigenvalue weighted by Gasteiger charge is 2.29. The Labute approximate surface area is 67.5 Å². The van der Waals surface area contributed by atoms with E-state index >= 15 is 0 Å². The van der Waals surface area contributed by atoms with Gasteiger partial charge in [0, 0.05) is 12.8 Å². The number of fused-ring (bicyclic) bond motifs is 2. The summed E-state index contributed by atoms with van der Waals surface area (Å²) in [6.07, 6.45) is 6.40. The molecular formula is C10H14O. The molecule has 0 spiro atoms. The number of carbonyl (C=O) groups is 1. The van der Waals surface area contributed by atoms with Crippen LogP contribution in [0.2, 0.25) is 0 Å². The van der Waals surface area contributed by atoms with E-state index in [1.165, 1.54) is 18.4 Å². The molecule has 0 aliphatic heterocycles. The Bertz CT molecular complexity index is 215. The lowest BCUT2D eigenvalue weighted by Crippen LogP contribution is -2.25. The first kappa shape index (κ1) is 7.08. The number of Topliss-reactive ketones (excluding diaryl/α,β-unsaturated/α-hetero) is 1. The van der Waals surface area contributed by atoms with Gasteiger partial charge in [-0.05, 0) is 31.6 Å². The van der Waals surface area contributed by atoms with Crippen molar-refractivity contribution in [2.45, 2.75) is 32.6 Å². The lowest BCUT2D eigenvalue weighted by atomic mass is 9.73. The second-order valence-electron chi connectivity index (χ2n) is 4.03. The lowest BCUT2D eigenvalue weighted by Gasteiger charge is -2.31. The molecule has 1 saturated carbocycles. The van der Waals surface area contributed by atoms with Crippen LogP contribution in [0.5, 0.6) is 0 Å². The number of hydrogen-bond donors (Lipinski definition) is 0. The topological polar surface area (TPSA) is 17.1 Å². The quantitative estimate of drug-likeness (QED) is 0.484. The summed E-state index contributed by atoms with van der Waals surface area (Å²) in [4.78, 5) is 11.2. The number of rotatable bonds is 0. The van der Waals surface area contributed by atoms with Crippen LogP contribution >= 0.6 is 0 Å². The fourth-order valence-electron chi connectivity index (χ4n) is 2.50. The molecule has 0 aromatic carbocycles. The first-order valence-corrected chi connectivity index (χ1v) is 4.43. The van der Waals surface area contributed by atoms with Crippen molar-refractivity contribution in [3.63, 3.8) is 0 Å². The standard InChI is InChI=1S/C10H14O/c1-7-2-8-4-9(3-7)6-10(11)5-8/h2,8-9H,3-6H2,1H3/t8-,9+/m1/s1. The molecule has 0 N–H and O–H groups in total. The minimum Gasteiger partial charge on any atom is -0.300 e. The highest BCUT2D eigenvalue weighted by molar-refractivity contribution is 5.80. The normalized spacial score (nSPS) is 36.8. The van der Waals surface area contributed by atoms with Crippen molar-refractivity contribution in [1.82, 2.24) is 0 Å². The smallest absolute Gasteiger partial charge is 0.133 e. The summed E-state index contributed by atoms with van der Waals surface area (Å²) in [6.45, 7) is 2.19. The maximum Gasteiger partial charge on any atom is 0.133 e. The average Bonchev–Trinajstić information content (AvgIpc) is 1.82. The van der Waals surface area contributed by atoms with E-state index in [2.05, 4.69) is 13.0 Å². The van der Waals surface area contributed by atoms with Gasteiger partial charge in [-0.15, -0.1) is 0 Å². The largest absolute Gasteiger partial charge is 0.300 e. The van der Waals surface area contributed by atoms with Crippen molar-refractivity contribution in [3.8, 4) is 0 Å². The van der Waals surface area contributed by atoms with E-state index in [0.717, 1.165) is 12.8 Å². The summed E-state index contributed by atoms with van der Waals surface area (Å²) in [5, 5.41) is 0. The fourth-order valence-corrected chi connectivity index (χ4v) is 2.50. The third-order valence-electron chi connectivity index (χ3n) is 2.77. The first-order chi connectivity index (χ1) is 5.24. The zero-order chi connectivity index (χ0) is 7.84. The molecule has 0 aromatic heterocycles. The van der Waals surface area contributed by atoms with E-state index in [-0.39, 0.29) is 0 Å². The zero-order valence-corrected chi connectivity index (χ0v) is 6.97. The summed E-state index contributed by atoms with van der Waals surface area (Å²) < 4.78 is 0. The molecule has 1 heteroatoms. The van der Waals surface area contributed by atoms with Gasteiger partial charge in [0.05, 0.1) is 0 Å². The van der Waals surface area contributed by atoms with Crippen LogP contribution in [0.3, 0.4) is 0 Å². The highest BCUT2D eigenvalue weighted by Crippen LogP contribution is 2.36. The third-order valence-corrected chi connectivity index (χ3v) is 2.77. The van der Waals surface area contributed by atoms with Crippen LogP contribution in [0.4, 0.5) is 0 Å². The number of allylic oxidation sites excluding steroid dienone is 2. The minimum atomic E-state index is 0.481. The summed E-state index contributed by atoms with van der Waals surface area (Å²) >= 11 is 0.